The van der Waals surface area contributed by atoms with Crippen LogP contribution in [-0.4, -0.2) is 47.2 Å². The van der Waals surface area contributed by atoms with Gasteiger partial charge >= 0.3 is 35.5 Å². The first-order valence-electron chi connectivity index (χ1n) is 11.1. The van der Waals surface area contributed by atoms with E-state index in [1.165, 1.54) is 0 Å². The second kappa shape index (κ2) is 14.3. The fraction of sp³-hybridized carbons (Fsp3) is 0.609. The summed E-state index contributed by atoms with van der Waals surface area (Å²) in [7, 11) is -5.13. The zero-order valence-electron chi connectivity index (χ0n) is 19.9. The molecule has 0 bridgehead atoms. The van der Waals surface area contributed by atoms with Gasteiger partial charge < -0.3 is 19.7 Å². The van der Waals surface area contributed by atoms with Crippen molar-refractivity contribution >= 4 is 27.8 Å². The van der Waals surface area contributed by atoms with E-state index >= 15 is 0 Å². The van der Waals surface area contributed by atoms with Crippen LogP contribution in [0.2, 0.25) is 0 Å². The predicted octanol–water partition coefficient (Wildman–Crippen LogP) is -1.11. The van der Waals surface area contributed by atoms with Crippen molar-refractivity contribution in [2.24, 2.45) is 17.8 Å². The van der Waals surface area contributed by atoms with E-state index in [9.17, 15) is 32.5 Å². The fourth-order valence-electron chi connectivity index (χ4n) is 4.04. The van der Waals surface area contributed by atoms with Crippen molar-refractivity contribution in [1.82, 2.24) is 5.32 Å². The minimum atomic E-state index is -5.13. The third kappa shape index (κ3) is 10.1. The number of nitrogens with one attached hydrogen (secondary N) is 1. The number of aliphatic hydroxyl groups is 1. The Labute approximate surface area is 223 Å². The van der Waals surface area contributed by atoms with E-state index in [2.05, 4.69) is 5.32 Å². The van der Waals surface area contributed by atoms with Crippen LogP contribution >= 0.6 is 0 Å². The standard InChI is InChI=1S/C23H33NO8S.Na/c1-15(2)11-18(13-21(26)32-14-16-7-4-3-5-8-16)22(27)24-19(23(28)33(29,30)31)12-17-9-6-10-20(17)25;/h3-5,7-8,15,17-19,23,28H,6,9-14H2,1-2H3,(H,24,27)(H,29,30,31);/q;+1/p-1/t17?,18-,19+,23?;/m1./s1. The molecule has 0 heterocycles. The number of amides is 1. The summed E-state index contributed by atoms with van der Waals surface area (Å²) in [4.78, 5) is 37.3. The van der Waals surface area contributed by atoms with E-state index in [-0.39, 0.29) is 60.7 Å². The van der Waals surface area contributed by atoms with Crippen LogP contribution < -0.4 is 34.9 Å². The Bertz CT molecular complexity index is 922. The largest absolute Gasteiger partial charge is 1.00 e. The number of Topliss-reactive ketones (excluding diaryl/α,β-unsaturated/α-hetero) is 1. The van der Waals surface area contributed by atoms with Crippen molar-refractivity contribution in [2.75, 3.05) is 0 Å². The van der Waals surface area contributed by atoms with Crippen LogP contribution in [0.25, 0.3) is 0 Å². The number of ether oxygens (including phenoxy) is 1. The van der Waals surface area contributed by atoms with Gasteiger partial charge in [0.2, 0.25) is 5.91 Å². The van der Waals surface area contributed by atoms with Crippen molar-refractivity contribution < 1.29 is 66.8 Å². The minimum absolute atomic E-state index is 0. The van der Waals surface area contributed by atoms with E-state index in [1.807, 2.05) is 32.0 Å². The van der Waals surface area contributed by atoms with Gasteiger partial charge in [-0.15, -0.1) is 0 Å². The van der Waals surface area contributed by atoms with E-state index < -0.39 is 45.3 Å². The summed E-state index contributed by atoms with van der Waals surface area (Å²) < 4.78 is 39.6. The molecule has 1 aromatic rings. The summed E-state index contributed by atoms with van der Waals surface area (Å²) in [5.74, 6) is -2.71. The SMILES string of the molecule is CC(C)C[C@H](CC(=O)OCc1ccccc1)C(=O)N[C@@H](CC1CCCC1=O)C(O)S(=O)(=O)[O-].[Na+]. The first-order chi connectivity index (χ1) is 15.5. The van der Waals surface area contributed by atoms with Crippen molar-refractivity contribution in [3.63, 3.8) is 0 Å². The maximum atomic E-state index is 13.0. The van der Waals surface area contributed by atoms with Crippen molar-refractivity contribution in [3.8, 4) is 0 Å². The molecule has 1 fully saturated rings. The van der Waals surface area contributed by atoms with Gasteiger partial charge in [0.1, 0.15) is 22.5 Å². The molecule has 0 radical (unpaired) electrons. The first-order valence-corrected chi connectivity index (χ1v) is 12.6. The van der Waals surface area contributed by atoms with Gasteiger partial charge in [0.05, 0.1) is 12.5 Å². The molecule has 1 aliphatic carbocycles. The van der Waals surface area contributed by atoms with Crippen LogP contribution in [-0.2, 0) is 35.8 Å². The molecule has 184 valence electrons. The summed E-state index contributed by atoms with van der Waals surface area (Å²) in [6, 6.07) is 7.60. The molecule has 4 atom stereocenters. The topological polar surface area (TPSA) is 150 Å². The third-order valence-electron chi connectivity index (χ3n) is 5.72. The van der Waals surface area contributed by atoms with Gasteiger partial charge in [0.15, 0.2) is 5.44 Å². The molecule has 1 aliphatic rings. The van der Waals surface area contributed by atoms with E-state index in [4.69, 9.17) is 4.74 Å². The number of rotatable bonds is 12. The second-order valence-corrected chi connectivity index (χ2v) is 10.4. The number of aliphatic hydroxyl groups excluding tert-OH is 1. The molecule has 1 amide bonds. The molecule has 0 spiro atoms. The number of esters is 1. The molecule has 1 aromatic carbocycles. The van der Waals surface area contributed by atoms with Gasteiger partial charge in [-0.1, -0.05) is 44.2 Å². The zero-order valence-corrected chi connectivity index (χ0v) is 22.8. The van der Waals surface area contributed by atoms with Crippen LogP contribution in [0.3, 0.4) is 0 Å². The van der Waals surface area contributed by atoms with Crippen LogP contribution in [0.1, 0.15) is 57.9 Å². The molecule has 0 aliphatic heterocycles. The van der Waals surface area contributed by atoms with Crippen molar-refractivity contribution in [3.05, 3.63) is 35.9 Å². The quantitative estimate of drug-likeness (QED) is 0.206. The average molecular weight is 506 g/mol. The summed E-state index contributed by atoms with van der Waals surface area (Å²) in [5, 5.41) is 12.5. The smallest absolute Gasteiger partial charge is 0.746 e. The Balaban J connectivity index is 0.00000578. The molecular weight excluding hydrogens is 473 g/mol. The Kier molecular flexibility index (Phi) is 12.9. The van der Waals surface area contributed by atoms with E-state index in [0.717, 1.165) is 5.56 Å². The van der Waals surface area contributed by atoms with Gasteiger partial charge in [-0.05, 0) is 37.2 Å². The number of hydrogen-bond donors (Lipinski definition) is 2. The molecule has 2 rings (SSSR count). The van der Waals surface area contributed by atoms with Crippen LogP contribution in [0.5, 0.6) is 0 Å². The molecule has 2 unspecified atom stereocenters. The molecule has 0 aromatic heterocycles. The summed E-state index contributed by atoms with van der Waals surface area (Å²) in [5.41, 5.74) is -1.60. The second-order valence-electron chi connectivity index (χ2n) is 8.97. The molecule has 2 N–H and O–H groups in total. The number of carbonyl (C=O) groups is 3. The summed E-state index contributed by atoms with van der Waals surface area (Å²) >= 11 is 0. The van der Waals surface area contributed by atoms with Gasteiger partial charge in [-0.3, -0.25) is 14.4 Å². The first kappa shape index (κ1) is 30.7. The Hall–Kier alpha value is -1.30. The number of benzene rings is 1. The van der Waals surface area contributed by atoms with Crippen molar-refractivity contribution in [2.45, 2.75) is 70.5 Å². The van der Waals surface area contributed by atoms with Crippen LogP contribution in [0, 0.1) is 17.8 Å². The Morgan fingerprint density at radius 2 is 1.88 bits per heavy atom. The van der Waals surface area contributed by atoms with E-state index in [0.29, 0.717) is 25.7 Å². The van der Waals surface area contributed by atoms with Gasteiger partial charge in [-0.2, -0.15) is 0 Å². The zero-order chi connectivity index (χ0) is 24.6. The summed E-state index contributed by atoms with van der Waals surface area (Å²) in [6.45, 7) is 3.78. The molecule has 9 nitrogen and oxygen atoms in total. The molecule has 1 saturated carbocycles. The number of hydrogen-bond acceptors (Lipinski definition) is 8. The summed E-state index contributed by atoms with van der Waals surface area (Å²) in [6.07, 6.45) is 1.38. The Morgan fingerprint density at radius 3 is 2.41 bits per heavy atom. The maximum absolute atomic E-state index is 13.0. The maximum Gasteiger partial charge on any atom is 1.00 e. The third-order valence-corrected chi connectivity index (χ3v) is 6.64. The van der Waals surface area contributed by atoms with Gasteiger partial charge in [-0.25, -0.2) is 8.42 Å². The molecule has 34 heavy (non-hydrogen) atoms. The predicted molar refractivity (Wildman–Crippen MR) is 118 cm³/mol. The molecular formula is C23H32NNaO8S. The molecule has 11 heteroatoms. The van der Waals surface area contributed by atoms with Crippen LogP contribution in [0.15, 0.2) is 30.3 Å². The number of ketones is 1. The average Bonchev–Trinajstić information content (AvgIpc) is 3.14. The fourth-order valence-corrected chi connectivity index (χ4v) is 4.62. The van der Waals surface area contributed by atoms with Gasteiger partial charge in [0.25, 0.3) is 0 Å². The van der Waals surface area contributed by atoms with Gasteiger partial charge in [0, 0.05) is 18.3 Å². The molecule has 0 saturated heterocycles. The Morgan fingerprint density at radius 1 is 1.24 bits per heavy atom. The van der Waals surface area contributed by atoms with Crippen molar-refractivity contribution in [1.29, 1.82) is 0 Å². The minimum Gasteiger partial charge on any atom is -0.746 e. The van der Waals surface area contributed by atoms with Crippen LogP contribution in [0.4, 0.5) is 0 Å². The van der Waals surface area contributed by atoms with E-state index in [1.54, 1.807) is 12.1 Å². The number of carbonyl (C=O) groups excluding carboxylic acids is 3. The normalized spacial score (nSPS) is 18.6. The monoisotopic (exact) mass is 505 g/mol.